The topological polar surface area (TPSA) is 25.2 Å². The average molecular weight is 187 g/mol. The SMILES string of the molecule is Cc1c(CO)n2c3c(cccc13)CC2. The van der Waals surface area contributed by atoms with Crippen molar-refractivity contribution in [2.24, 2.45) is 0 Å². The largest absolute Gasteiger partial charge is 0.390 e. The van der Waals surface area contributed by atoms with E-state index in [-0.39, 0.29) is 6.61 Å². The summed E-state index contributed by atoms with van der Waals surface area (Å²) in [4.78, 5) is 0. The highest BCUT2D eigenvalue weighted by atomic mass is 16.3. The predicted octanol–water partition coefficient (Wildman–Crippen LogP) is 2.00. The van der Waals surface area contributed by atoms with Crippen LogP contribution in [0, 0.1) is 6.92 Å². The van der Waals surface area contributed by atoms with Crippen LogP contribution >= 0.6 is 0 Å². The highest BCUT2D eigenvalue weighted by Crippen LogP contribution is 2.32. The summed E-state index contributed by atoms with van der Waals surface area (Å²) in [7, 11) is 0. The molecule has 72 valence electrons. The Kier molecular flexibility index (Phi) is 1.50. The van der Waals surface area contributed by atoms with Gasteiger partial charge in [-0.05, 0) is 24.5 Å². The number of aromatic nitrogens is 1. The molecule has 1 aromatic heterocycles. The number of benzene rings is 1. The minimum absolute atomic E-state index is 0.153. The summed E-state index contributed by atoms with van der Waals surface area (Å²) in [5, 5.41) is 10.6. The summed E-state index contributed by atoms with van der Waals surface area (Å²) in [6.45, 7) is 3.28. The number of hydrogen-bond donors (Lipinski definition) is 1. The molecule has 2 heterocycles. The van der Waals surface area contributed by atoms with Gasteiger partial charge in [0.1, 0.15) is 0 Å². The summed E-state index contributed by atoms with van der Waals surface area (Å²) in [5.74, 6) is 0. The molecule has 1 N–H and O–H groups in total. The first kappa shape index (κ1) is 8.06. The summed E-state index contributed by atoms with van der Waals surface area (Å²) < 4.78 is 2.26. The Morgan fingerprint density at radius 3 is 3.07 bits per heavy atom. The molecule has 1 aliphatic heterocycles. The number of hydrogen-bond acceptors (Lipinski definition) is 1. The Labute approximate surface area is 82.8 Å². The first-order chi connectivity index (χ1) is 6.83. The normalized spacial score (nSPS) is 14.1. The molecule has 0 aliphatic carbocycles. The van der Waals surface area contributed by atoms with Gasteiger partial charge in [0.25, 0.3) is 0 Å². The maximum absolute atomic E-state index is 9.33. The molecule has 2 nitrogen and oxygen atoms in total. The van der Waals surface area contributed by atoms with Crippen LogP contribution in [-0.2, 0) is 19.6 Å². The number of aliphatic hydroxyl groups excluding tert-OH is 1. The van der Waals surface area contributed by atoms with E-state index in [9.17, 15) is 5.11 Å². The number of aliphatic hydroxyl groups is 1. The molecular formula is C12H13NO. The van der Waals surface area contributed by atoms with Gasteiger partial charge >= 0.3 is 0 Å². The van der Waals surface area contributed by atoms with Crippen molar-refractivity contribution >= 4 is 10.9 Å². The maximum atomic E-state index is 9.33. The van der Waals surface area contributed by atoms with Crippen molar-refractivity contribution in [1.29, 1.82) is 0 Å². The summed E-state index contributed by atoms with van der Waals surface area (Å²) in [5.41, 5.74) is 5.09. The zero-order valence-corrected chi connectivity index (χ0v) is 8.25. The van der Waals surface area contributed by atoms with Crippen LogP contribution in [0.4, 0.5) is 0 Å². The van der Waals surface area contributed by atoms with E-state index < -0.39 is 0 Å². The third-order valence-corrected chi connectivity index (χ3v) is 3.31. The Morgan fingerprint density at radius 1 is 1.43 bits per heavy atom. The van der Waals surface area contributed by atoms with Crippen LogP contribution in [0.5, 0.6) is 0 Å². The third-order valence-electron chi connectivity index (χ3n) is 3.31. The van der Waals surface area contributed by atoms with Crippen LogP contribution in [-0.4, -0.2) is 9.67 Å². The lowest BCUT2D eigenvalue weighted by Gasteiger charge is -2.02. The van der Waals surface area contributed by atoms with E-state index in [1.54, 1.807) is 0 Å². The van der Waals surface area contributed by atoms with Gasteiger partial charge in [-0.25, -0.2) is 0 Å². The van der Waals surface area contributed by atoms with E-state index in [0.717, 1.165) is 18.7 Å². The van der Waals surface area contributed by atoms with E-state index in [1.807, 2.05) is 0 Å². The predicted molar refractivity (Wildman–Crippen MR) is 56.3 cm³/mol. The van der Waals surface area contributed by atoms with Crippen molar-refractivity contribution in [3.63, 3.8) is 0 Å². The fraction of sp³-hybridized carbons (Fsp3) is 0.333. The number of para-hydroxylation sites is 1. The van der Waals surface area contributed by atoms with Crippen LogP contribution in [0.15, 0.2) is 18.2 Å². The standard InChI is InChI=1S/C12H13NO/c1-8-10-4-2-3-9-5-6-13(12(9)10)11(8)7-14/h2-4,14H,5-7H2,1H3. The second-order valence-corrected chi connectivity index (χ2v) is 3.94. The minimum atomic E-state index is 0.153. The second-order valence-electron chi connectivity index (χ2n) is 3.94. The zero-order chi connectivity index (χ0) is 9.71. The molecular weight excluding hydrogens is 174 g/mol. The van der Waals surface area contributed by atoms with E-state index >= 15 is 0 Å². The number of rotatable bonds is 1. The van der Waals surface area contributed by atoms with Crippen LogP contribution < -0.4 is 0 Å². The lowest BCUT2D eigenvalue weighted by molar-refractivity contribution is 0.271. The van der Waals surface area contributed by atoms with Gasteiger partial charge in [-0.2, -0.15) is 0 Å². The molecule has 0 radical (unpaired) electrons. The van der Waals surface area contributed by atoms with E-state index in [0.29, 0.717) is 0 Å². The summed E-state index contributed by atoms with van der Waals surface area (Å²) >= 11 is 0. The van der Waals surface area contributed by atoms with Crippen molar-refractivity contribution in [1.82, 2.24) is 4.57 Å². The quantitative estimate of drug-likeness (QED) is 0.725. The zero-order valence-electron chi connectivity index (χ0n) is 8.25. The fourth-order valence-electron chi connectivity index (χ4n) is 2.59. The van der Waals surface area contributed by atoms with Crippen molar-refractivity contribution < 1.29 is 5.11 Å². The van der Waals surface area contributed by atoms with Crippen LogP contribution in [0.1, 0.15) is 16.8 Å². The highest BCUT2D eigenvalue weighted by molar-refractivity contribution is 5.89. The molecule has 0 amide bonds. The monoisotopic (exact) mass is 187 g/mol. The van der Waals surface area contributed by atoms with Gasteiger partial charge in [-0.3, -0.25) is 0 Å². The molecule has 0 unspecified atom stereocenters. The van der Waals surface area contributed by atoms with Gasteiger partial charge in [-0.1, -0.05) is 18.2 Å². The molecule has 14 heavy (non-hydrogen) atoms. The van der Waals surface area contributed by atoms with Gasteiger partial charge in [0.2, 0.25) is 0 Å². The number of aryl methyl sites for hydroxylation is 3. The molecule has 2 aromatic rings. The van der Waals surface area contributed by atoms with E-state index in [2.05, 4.69) is 29.7 Å². The van der Waals surface area contributed by atoms with Gasteiger partial charge in [0, 0.05) is 17.6 Å². The van der Waals surface area contributed by atoms with Crippen molar-refractivity contribution in [3.8, 4) is 0 Å². The fourth-order valence-corrected chi connectivity index (χ4v) is 2.59. The van der Waals surface area contributed by atoms with Crippen molar-refractivity contribution in [2.45, 2.75) is 26.5 Å². The van der Waals surface area contributed by atoms with Crippen molar-refractivity contribution in [3.05, 3.63) is 35.0 Å². The summed E-state index contributed by atoms with van der Waals surface area (Å²) in [6.07, 6.45) is 1.11. The summed E-state index contributed by atoms with van der Waals surface area (Å²) in [6, 6.07) is 6.45. The number of nitrogens with zero attached hydrogens (tertiary/aromatic N) is 1. The van der Waals surface area contributed by atoms with Gasteiger partial charge in [-0.15, -0.1) is 0 Å². The van der Waals surface area contributed by atoms with Gasteiger partial charge < -0.3 is 9.67 Å². The van der Waals surface area contributed by atoms with Gasteiger partial charge in [0.15, 0.2) is 0 Å². The van der Waals surface area contributed by atoms with Gasteiger partial charge in [0.05, 0.1) is 12.1 Å². The first-order valence-corrected chi connectivity index (χ1v) is 5.03. The second kappa shape index (κ2) is 2.61. The highest BCUT2D eigenvalue weighted by Gasteiger charge is 2.20. The maximum Gasteiger partial charge on any atom is 0.0835 e. The van der Waals surface area contributed by atoms with Crippen LogP contribution in [0.25, 0.3) is 10.9 Å². The Bertz CT molecular complexity index is 511. The smallest absolute Gasteiger partial charge is 0.0835 e. The minimum Gasteiger partial charge on any atom is -0.390 e. The molecule has 0 bridgehead atoms. The lowest BCUT2D eigenvalue weighted by Crippen LogP contribution is -2.00. The molecule has 3 rings (SSSR count). The Morgan fingerprint density at radius 2 is 2.29 bits per heavy atom. The first-order valence-electron chi connectivity index (χ1n) is 5.03. The average Bonchev–Trinajstić information content (AvgIpc) is 2.73. The Balaban J connectivity index is 2.51. The molecule has 0 spiro atoms. The van der Waals surface area contributed by atoms with Crippen LogP contribution in [0.2, 0.25) is 0 Å². The molecule has 0 fully saturated rings. The molecule has 2 heteroatoms. The van der Waals surface area contributed by atoms with Crippen molar-refractivity contribution in [2.75, 3.05) is 0 Å². The molecule has 0 saturated carbocycles. The molecule has 1 aliphatic rings. The van der Waals surface area contributed by atoms with Crippen LogP contribution in [0.3, 0.4) is 0 Å². The molecule has 0 saturated heterocycles. The van der Waals surface area contributed by atoms with E-state index in [4.69, 9.17) is 0 Å². The molecule has 1 aromatic carbocycles. The van der Waals surface area contributed by atoms with E-state index in [1.165, 1.54) is 22.0 Å². The Hall–Kier alpha value is -1.28. The molecule has 0 atom stereocenters. The lowest BCUT2D eigenvalue weighted by atomic mass is 10.1. The third kappa shape index (κ3) is 0.794.